The van der Waals surface area contributed by atoms with Crippen molar-refractivity contribution >= 4 is 0 Å². The number of halogens is 2. The average molecular weight is 262 g/mol. The summed E-state index contributed by atoms with van der Waals surface area (Å²) in [5.74, 6) is -2.03. The van der Waals surface area contributed by atoms with Crippen LogP contribution in [0.1, 0.15) is 0 Å². The van der Waals surface area contributed by atoms with Crippen LogP contribution in [-0.2, 0) is 4.74 Å². The van der Waals surface area contributed by atoms with Gasteiger partial charge in [0.1, 0.15) is 24.1 Å². The summed E-state index contributed by atoms with van der Waals surface area (Å²) in [6.45, 7) is -0.258. The van der Waals surface area contributed by atoms with Crippen LogP contribution in [0.3, 0.4) is 0 Å². The lowest BCUT2D eigenvalue weighted by molar-refractivity contribution is -0.242. The molecule has 0 aromatic heterocycles. The van der Waals surface area contributed by atoms with Gasteiger partial charge in [-0.25, -0.2) is 8.78 Å². The van der Waals surface area contributed by atoms with Gasteiger partial charge in [-0.3, -0.25) is 0 Å². The minimum atomic E-state index is -1.53. The first kappa shape index (κ1) is 13.2. The minimum Gasteiger partial charge on any atom is -0.459 e. The van der Waals surface area contributed by atoms with Crippen molar-refractivity contribution in [3.05, 3.63) is 29.8 Å². The van der Waals surface area contributed by atoms with E-state index in [4.69, 9.17) is 9.47 Å². The van der Waals surface area contributed by atoms with Crippen molar-refractivity contribution in [2.24, 2.45) is 0 Å². The lowest BCUT2D eigenvalue weighted by atomic mass is 10.1. The van der Waals surface area contributed by atoms with Crippen LogP contribution in [0.2, 0.25) is 0 Å². The molecular formula is C11H12F2O5. The van der Waals surface area contributed by atoms with Crippen molar-refractivity contribution in [2.75, 3.05) is 6.61 Å². The third kappa shape index (κ3) is 2.59. The van der Waals surface area contributed by atoms with Crippen LogP contribution < -0.4 is 4.74 Å². The predicted octanol–water partition coefficient (Wildman–Crippen LogP) is -0.217. The Morgan fingerprint density at radius 1 is 1.17 bits per heavy atom. The molecule has 0 saturated carbocycles. The highest BCUT2D eigenvalue weighted by Crippen LogP contribution is 2.23. The van der Waals surface area contributed by atoms with Crippen LogP contribution in [0.15, 0.2) is 18.2 Å². The zero-order valence-electron chi connectivity index (χ0n) is 9.16. The molecule has 3 N–H and O–H groups in total. The van der Waals surface area contributed by atoms with Crippen LogP contribution in [0.25, 0.3) is 0 Å². The first-order valence-corrected chi connectivity index (χ1v) is 5.26. The second kappa shape index (κ2) is 5.15. The third-order valence-electron chi connectivity index (χ3n) is 2.59. The fourth-order valence-corrected chi connectivity index (χ4v) is 1.58. The van der Waals surface area contributed by atoms with E-state index in [2.05, 4.69) is 0 Å². The Labute approximate surface area is 101 Å². The summed E-state index contributed by atoms with van der Waals surface area (Å²) in [7, 11) is 0. The van der Waals surface area contributed by atoms with Gasteiger partial charge in [-0.15, -0.1) is 0 Å². The Morgan fingerprint density at radius 2 is 1.89 bits per heavy atom. The summed E-state index contributed by atoms with van der Waals surface area (Å²) in [5, 5.41) is 28.2. The lowest BCUT2D eigenvalue weighted by Crippen LogP contribution is -2.54. The van der Waals surface area contributed by atoms with Gasteiger partial charge in [0.05, 0.1) is 6.61 Å². The van der Waals surface area contributed by atoms with Crippen molar-refractivity contribution < 1.29 is 33.6 Å². The molecule has 1 saturated heterocycles. The fraction of sp³-hybridized carbons (Fsp3) is 0.455. The molecule has 0 unspecified atom stereocenters. The number of aliphatic hydroxyl groups is 3. The van der Waals surface area contributed by atoms with Crippen LogP contribution in [0, 0.1) is 11.6 Å². The van der Waals surface area contributed by atoms with Gasteiger partial charge in [-0.05, 0) is 12.1 Å². The summed E-state index contributed by atoms with van der Waals surface area (Å²) >= 11 is 0. The molecule has 5 nitrogen and oxygen atoms in total. The molecule has 0 radical (unpaired) electrons. The molecule has 4 atom stereocenters. The summed E-state index contributed by atoms with van der Waals surface area (Å²) in [6.07, 6.45) is -5.55. The topological polar surface area (TPSA) is 79.2 Å². The smallest absolute Gasteiger partial charge is 0.229 e. The molecule has 100 valence electrons. The van der Waals surface area contributed by atoms with Gasteiger partial charge in [-0.1, -0.05) is 0 Å². The monoisotopic (exact) mass is 262 g/mol. The molecule has 1 aromatic rings. The number of aliphatic hydroxyl groups excluding tert-OH is 3. The molecule has 0 amide bonds. The van der Waals surface area contributed by atoms with Gasteiger partial charge in [0.15, 0.2) is 11.6 Å². The van der Waals surface area contributed by atoms with E-state index in [1.165, 1.54) is 0 Å². The number of ether oxygens (including phenoxy) is 2. The predicted molar refractivity (Wildman–Crippen MR) is 54.7 cm³/mol. The summed E-state index contributed by atoms with van der Waals surface area (Å²) in [6, 6.07) is 2.65. The van der Waals surface area contributed by atoms with Crippen molar-refractivity contribution in [3.63, 3.8) is 0 Å². The maximum Gasteiger partial charge on any atom is 0.229 e. The first-order valence-electron chi connectivity index (χ1n) is 5.26. The largest absolute Gasteiger partial charge is 0.459 e. The summed E-state index contributed by atoms with van der Waals surface area (Å²) in [4.78, 5) is 0. The second-order valence-corrected chi connectivity index (χ2v) is 3.94. The zero-order valence-corrected chi connectivity index (χ0v) is 9.16. The first-order chi connectivity index (χ1) is 8.49. The van der Waals surface area contributed by atoms with E-state index >= 15 is 0 Å². The van der Waals surface area contributed by atoms with E-state index in [1.807, 2.05) is 0 Å². The molecule has 18 heavy (non-hydrogen) atoms. The van der Waals surface area contributed by atoms with Crippen molar-refractivity contribution in [1.82, 2.24) is 0 Å². The standard InChI is InChI=1S/C11H12F2O5/c12-5-1-2-8(6(13)3-5)18-11-10(16)9(15)7(14)4-17-11/h1-3,7,9-11,14-16H,4H2/t7-,9-,10-,11+/m1/s1. The van der Waals surface area contributed by atoms with Crippen molar-refractivity contribution in [2.45, 2.75) is 24.6 Å². The van der Waals surface area contributed by atoms with Gasteiger partial charge in [-0.2, -0.15) is 0 Å². The van der Waals surface area contributed by atoms with Crippen molar-refractivity contribution in [1.29, 1.82) is 0 Å². The molecular weight excluding hydrogens is 250 g/mol. The number of hydrogen-bond acceptors (Lipinski definition) is 5. The maximum absolute atomic E-state index is 13.3. The molecule has 1 fully saturated rings. The van der Waals surface area contributed by atoms with Gasteiger partial charge < -0.3 is 24.8 Å². The number of hydrogen-bond donors (Lipinski definition) is 3. The molecule has 0 bridgehead atoms. The zero-order chi connectivity index (χ0) is 13.3. The Bertz CT molecular complexity index is 428. The Balaban J connectivity index is 2.09. The second-order valence-electron chi connectivity index (χ2n) is 3.94. The molecule has 1 heterocycles. The molecule has 1 aromatic carbocycles. The molecule has 0 spiro atoms. The van der Waals surface area contributed by atoms with E-state index in [0.717, 1.165) is 12.1 Å². The highest BCUT2D eigenvalue weighted by molar-refractivity contribution is 5.24. The van der Waals surface area contributed by atoms with E-state index in [9.17, 15) is 24.1 Å². The number of rotatable bonds is 2. The maximum atomic E-state index is 13.3. The van der Waals surface area contributed by atoms with E-state index < -0.39 is 36.2 Å². The number of benzene rings is 1. The molecule has 1 aliphatic heterocycles. The van der Waals surface area contributed by atoms with Gasteiger partial charge in [0.2, 0.25) is 6.29 Å². The molecule has 0 aliphatic carbocycles. The average Bonchev–Trinajstić information content (AvgIpc) is 2.33. The molecule has 2 rings (SSSR count). The van der Waals surface area contributed by atoms with Gasteiger partial charge in [0, 0.05) is 6.07 Å². The van der Waals surface area contributed by atoms with Crippen LogP contribution in [-0.4, -0.2) is 46.5 Å². The normalized spacial score (nSPS) is 32.3. The van der Waals surface area contributed by atoms with Crippen LogP contribution in [0.4, 0.5) is 8.78 Å². The van der Waals surface area contributed by atoms with Crippen LogP contribution >= 0.6 is 0 Å². The third-order valence-corrected chi connectivity index (χ3v) is 2.59. The van der Waals surface area contributed by atoms with E-state index in [1.54, 1.807) is 0 Å². The van der Waals surface area contributed by atoms with Gasteiger partial charge in [0.25, 0.3) is 0 Å². The SMILES string of the molecule is O[C@H]1[C@H](Oc2ccc(F)cc2F)OC[C@@H](O)[C@H]1O. The quantitative estimate of drug-likeness (QED) is 0.687. The minimum absolute atomic E-state index is 0.258. The fourth-order valence-electron chi connectivity index (χ4n) is 1.58. The summed E-state index contributed by atoms with van der Waals surface area (Å²) in [5.41, 5.74) is 0. The highest BCUT2D eigenvalue weighted by atomic mass is 19.1. The molecule has 1 aliphatic rings. The van der Waals surface area contributed by atoms with E-state index in [0.29, 0.717) is 6.07 Å². The van der Waals surface area contributed by atoms with E-state index in [-0.39, 0.29) is 12.4 Å². The lowest BCUT2D eigenvalue weighted by Gasteiger charge is -2.34. The Morgan fingerprint density at radius 3 is 2.56 bits per heavy atom. The highest BCUT2D eigenvalue weighted by Gasteiger charge is 2.39. The van der Waals surface area contributed by atoms with Gasteiger partial charge >= 0.3 is 0 Å². The Hall–Kier alpha value is -1.28. The van der Waals surface area contributed by atoms with Crippen molar-refractivity contribution in [3.8, 4) is 5.75 Å². The van der Waals surface area contributed by atoms with Crippen LogP contribution in [0.5, 0.6) is 5.75 Å². The molecule has 7 heteroatoms. The Kier molecular flexibility index (Phi) is 3.76. The summed E-state index contributed by atoms with van der Waals surface area (Å²) < 4.78 is 35.9.